The highest BCUT2D eigenvalue weighted by Crippen LogP contribution is 2.32. The lowest BCUT2D eigenvalue weighted by Crippen LogP contribution is -2.62. The highest BCUT2D eigenvalue weighted by atomic mass is 35.5. The molecule has 108 valence electrons. The quantitative estimate of drug-likeness (QED) is 0.849. The van der Waals surface area contributed by atoms with Crippen LogP contribution in [0.3, 0.4) is 0 Å². The van der Waals surface area contributed by atoms with Gasteiger partial charge in [0.25, 0.3) is 0 Å². The molecule has 7 heteroatoms. The maximum absolute atomic E-state index is 11.1. The van der Waals surface area contributed by atoms with Crippen molar-refractivity contribution in [1.29, 1.82) is 0 Å². The van der Waals surface area contributed by atoms with Crippen LogP contribution in [0.25, 0.3) is 0 Å². The number of hydrogen-bond acceptors (Lipinski definition) is 4. The summed E-state index contributed by atoms with van der Waals surface area (Å²) in [6.45, 7) is 2.66. The molecule has 1 amide bonds. The Kier molecular flexibility index (Phi) is 3.87. The van der Waals surface area contributed by atoms with Crippen LogP contribution in [0.4, 0.5) is 5.69 Å². The van der Waals surface area contributed by atoms with Crippen LogP contribution in [-0.2, 0) is 9.53 Å². The Bertz CT molecular complexity index is 555. The van der Waals surface area contributed by atoms with Crippen LogP contribution in [-0.4, -0.2) is 42.3 Å². The maximum Gasteiger partial charge on any atom is 0.329 e. The number of carbonyl (C=O) groups excluding carboxylic acids is 1. The highest BCUT2D eigenvalue weighted by molar-refractivity contribution is 6.34. The lowest BCUT2D eigenvalue weighted by Gasteiger charge is -2.48. The van der Waals surface area contributed by atoms with E-state index < -0.39 is 17.5 Å². The van der Waals surface area contributed by atoms with Crippen molar-refractivity contribution in [3.63, 3.8) is 0 Å². The Balaban J connectivity index is 2.00. The molecule has 0 atom stereocenters. The average molecular weight is 299 g/mol. The Morgan fingerprint density at radius 3 is 2.65 bits per heavy atom. The number of carbonyl (C=O) groups is 2. The van der Waals surface area contributed by atoms with E-state index in [2.05, 4.69) is 0 Å². The third-order valence-corrected chi connectivity index (χ3v) is 3.49. The highest BCUT2D eigenvalue weighted by Gasteiger charge is 2.40. The molecule has 1 heterocycles. The third kappa shape index (κ3) is 3.02. The SMILES string of the molecule is CC1(OCC(=O)O)CN(c2ccc(C(N)=O)c(Cl)c2)C1. The predicted molar refractivity (Wildman–Crippen MR) is 74.2 cm³/mol. The van der Waals surface area contributed by atoms with E-state index >= 15 is 0 Å². The Morgan fingerprint density at radius 2 is 2.15 bits per heavy atom. The van der Waals surface area contributed by atoms with Gasteiger partial charge in [0.15, 0.2) is 0 Å². The monoisotopic (exact) mass is 298 g/mol. The second-order valence-electron chi connectivity index (χ2n) is 5.02. The van der Waals surface area contributed by atoms with E-state index in [4.69, 9.17) is 27.2 Å². The maximum atomic E-state index is 11.1. The number of primary amides is 1. The molecular weight excluding hydrogens is 284 g/mol. The van der Waals surface area contributed by atoms with Crippen LogP contribution in [0.15, 0.2) is 18.2 Å². The fourth-order valence-electron chi connectivity index (χ4n) is 2.17. The van der Waals surface area contributed by atoms with Crippen molar-refractivity contribution in [2.75, 3.05) is 24.6 Å². The number of ether oxygens (including phenoxy) is 1. The molecule has 20 heavy (non-hydrogen) atoms. The molecule has 1 aromatic rings. The van der Waals surface area contributed by atoms with Gasteiger partial charge in [0.2, 0.25) is 5.91 Å². The molecule has 1 aliphatic heterocycles. The Labute approximate surface area is 121 Å². The van der Waals surface area contributed by atoms with Crippen molar-refractivity contribution in [2.24, 2.45) is 5.73 Å². The Hall–Kier alpha value is -1.79. The van der Waals surface area contributed by atoms with Crippen molar-refractivity contribution in [3.05, 3.63) is 28.8 Å². The lowest BCUT2D eigenvalue weighted by atomic mass is 9.95. The van der Waals surface area contributed by atoms with Gasteiger partial charge >= 0.3 is 5.97 Å². The zero-order valence-electron chi connectivity index (χ0n) is 10.9. The van der Waals surface area contributed by atoms with E-state index in [9.17, 15) is 9.59 Å². The number of halogens is 1. The van der Waals surface area contributed by atoms with E-state index in [0.717, 1.165) is 5.69 Å². The molecule has 0 aromatic heterocycles. The molecule has 1 fully saturated rings. The van der Waals surface area contributed by atoms with Gasteiger partial charge in [-0.05, 0) is 25.1 Å². The summed E-state index contributed by atoms with van der Waals surface area (Å²) in [6.07, 6.45) is 0. The summed E-state index contributed by atoms with van der Waals surface area (Å²) in [5, 5.41) is 8.90. The van der Waals surface area contributed by atoms with Gasteiger partial charge in [-0.2, -0.15) is 0 Å². The number of nitrogens with two attached hydrogens (primary N) is 1. The molecule has 0 unspecified atom stereocenters. The fourth-order valence-corrected chi connectivity index (χ4v) is 2.44. The van der Waals surface area contributed by atoms with Crippen LogP contribution in [0.1, 0.15) is 17.3 Å². The van der Waals surface area contributed by atoms with Gasteiger partial charge in [-0.3, -0.25) is 4.79 Å². The molecule has 0 saturated carbocycles. The van der Waals surface area contributed by atoms with Crippen molar-refractivity contribution in [2.45, 2.75) is 12.5 Å². The molecule has 6 nitrogen and oxygen atoms in total. The topological polar surface area (TPSA) is 92.9 Å². The van der Waals surface area contributed by atoms with E-state index in [1.165, 1.54) is 0 Å². The molecule has 2 rings (SSSR count). The first-order valence-corrected chi connectivity index (χ1v) is 6.39. The van der Waals surface area contributed by atoms with Gasteiger partial charge in [0.05, 0.1) is 10.6 Å². The second kappa shape index (κ2) is 5.30. The van der Waals surface area contributed by atoms with Gasteiger partial charge in [-0.25, -0.2) is 4.79 Å². The zero-order valence-corrected chi connectivity index (χ0v) is 11.7. The molecule has 0 radical (unpaired) electrons. The molecule has 3 N–H and O–H groups in total. The number of hydrogen-bond donors (Lipinski definition) is 2. The van der Waals surface area contributed by atoms with Gasteiger partial charge in [-0.1, -0.05) is 11.6 Å². The van der Waals surface area contributed by atoms with Gasteiger partial charge < -0.3 is 20.5 Å². The summed E-state index contributed by atoms with van der Waals surface area (Å²) in [5.41, 5.74) is 5.83. The average Bonchev–Trinajstić information content (AvgIpc) is 2.32. The molecule has 1 aromatic carbocycles. The molecule has 0 spiro atoms. The number of anilines is 1. The molecule has 0 bridgehead atoms. The second-order valence-corrected chi connectivity index (χ2v) is 5.42. The summed E-state index contributed by atoms with van der Waals surface area (Å²) in [5.74, 6) is -1.56. The van der Waals surface area contributed by atoms with Crippen molar-refractivity contribution in [1.82, 2.24) is 0 Å². The summed E-state index contributed by atoms with van der Waals surface area (Å²) < 4.78 is 5.32. The fraction of sp³-hybridized carbons (Fsp3) is 0.385. The number of carboxylic acid groups (broad SMARTS) is 1. The standard InChI is InChI=1S/C13H15ClN2O4/c1-13(20-5-11(17)18)6-16(7-13)8-2-3-9(12(15)19)10(14)4-8/h2-4H,5-7H2,1H3,(H2,15,19)(H,17,18). The number of amides is 1. The van der Waals surface area contributed by atoms with Crippen LogP contribution < -0.4 is 10.6 Å². The minimum atomic E-state index is -0.987. The number of benzene rings is 1. The summed E-state index contributed by atoms with van der Waals surface area (Å²) in [7, 11) is 0. The molecule has 1 aliphatic rings. The third-order valence-electron chi connectivity index (χ3n) is 3.18. The minimum Gasteiger partial charge on any atom is -0.480 e. The molecular formula is C13H15ClN2O4. The van der Waals surface area contributed by atoms with E-state index in [1.807, 2.05) is 11.8 Å². The summed E-state index contributed by atoms with van der Waals surface area (Å²) in [6, 6.07) is 4.99. The predicted octanol–water partition coefficient (Wildman–Crippen LogP) is 1.12. The minimum absolute atomic E-state index is 0.279. The first kappa shape index (κ1) is 14.6. The molecule has 1 saturated heterocycles. The zero-order chi connectivity index (χ0) is 14.9. The van der Waals surface area contributed by atoms with Crippen LogP contribution >= 0.6 is 11.6 Å². The van der Waals surface area contributed by atoms with E-state index in [-0.39, 0.29) is 12.2 Å². The first-order valence-electron chi connectivity index (χ1n) is 6.01. The van der Waals surface area contributed by atoms with Crippen molar-refractivity contribution in [3.8, 4) is 0 Å². The number of nitrogens with zero attached hydrogens (tertiary/aromatic N) is 1. The van der Waals surface area contributed by atoms with Gasteiger partial charge in [0, 0.05) is 18.8 Å². The lowest BCUT2D eigenvalue weighted by molar-refractivity contribution is -0.150. The van der Waals surface area contributed by atoms with Gasteiger partial charge in [0.1, 0.15) is 12.2 Å². The summed E-state index contributed by atoms with van der Waals surface area (Å²) >= 11 is 5.99. The summed E-state index contributed by atoms with van der Waals surface area (Å²) in [4.78, 5) is 23.6. The van der Waals surface area contributed by atoms with Gasteiger partial charge in [-0.15, -0.1) is 0 Å². The van der Waals surface area contributed by atoms with Crippen LogP contribution in [0.5, 0.6) is 0 Å². The largest absolute Gasteiger partial charge is 0.480 e. The molecule has 0 aliphatic carbocycles. The Morgan fingerprint density at radius 1 is 1.50 bits per heavy atom. The normalized spacial score (nSPS) is 16.6. The van der Waals surface area contributed by atoms with E-state index in [1.54, 1.807) is 18.2 Å². The smallest absolute Gasteiger partial charge is 0.329 e. The van der Waals surface area contributed by atoms with E-state index in [0.29, 0.717) is 18.1 Å². The van der Waals surface area contributed by atoms with Crippen molar-refractivity contribution >= 4 is 29.2 Å². The first-order chi connectivity index (χ1) is 9.31. The van der Waals surface area contributed by atoms with Crippen molar-refractivity contribution < 1.29 is 19.4 Å². The van der Waals surface area contributed by atoms with Crippen LogP contribution in [0.2, 0.25) is 5.02 Å². The number of carboxylic acids is 1. The van der Waals surface area contributed by atoms with Crippen LogP contribution in [0, 0.1) is 0 Å². The number of rotatable bonds is 5. The number of aliphatic carboxylic acids is 1.